The second-order valence-electron chi connectivity index (χ2n) is 4.46. The lowest BCUT2D eigenvalue weighted by Crippen LogP contribution is -2.49. The Kier molecular flexibility index (Phi) is 4.31. The predicted molar refractivity (Wildman–Crippen MR) is 76.2 cm³/mol. The van der Waals surface area contributed by atoms with Gasteiger partial charge < -0.3 is 9.64 Å². The van der Waals surface area contributed by atoms with E-state index in [1.165, 1.54) is 0 Å². The average Bonchev–Trinajstić information content (AvgIpc) is 2.47. The topological polar surface area (TPSA) is 49.9 Å². The van der Waals surface area contributed by atoms with E-state index in [2.05, 4.69) is 4.90 Å². The maximum absolute atomic E-state index is 11.8. The Labute approximate surface area is 114 Å². The van der Waals surface area contributed by atoms with Gasteiger partial charge in [0.2, 0.25) is 10.0 Å². The molecule has 6 heteroatoms. The SMILES string of the molecule is CCS(=O)(=O)N1CCN(c2ccccc2OC)CC1. The van der Waals surface area contributed by atoms with E-state index in [4.69, 9.17) is 4.74 Å². The molecule has 0 unspecified atom stereocenters. The van der Waals surface area contributed by atoms with Gasteiger partial charge in [0.25, 0.3) is 0 Å². The van der Waals surface area contributed by atoms with Crippen molar-refractivity contribution in [1.82, 2.24) is 4.31 Å². The summed E-state index contributed by atoms with van der Waals surface area (Å²) in [5.41, 5.74) is 1.03. The quantitative estimate of drug-likeness (QED) is 0.833. The van der Waals surface area contributed by atoms with E-state index >= 15 is 0 Å². The first-order chi connectivity index (χ1) is 9.08. The molecule has 5 nitrogen and oxygen atoms in total. The zero-order valence-electron chi connectivity index (χ0n) is 11.4. The van der Waals surface area contributed by atoms with Crippen LogP contribution in [0.1, 0.15) is 6.92 Å². The molecular formula is C13H20N2O3S. The van der Waals surface area contributed by atoms with E-state index in [0.29, 0.717) is 26.2 Å². The molecular weight excluding hydrogens is 264 g/mol. The number of nitrogens with zero attached hydrogens (tertiary/aromatic N) is 2. The van der Waals surface area contributed by atoms with Gasteiger partial charge in [0.15, 0.2) is 0 Å². The van der Waals surface area contributed by atoms with Crippen LogP contribution in [0.4, 0.5) is 5.69 Å². The summed E-state index contributed by atoms with van der Waals surface area (Å²) in [5, 5.41) is 0. The highest BCUT2D eigenvalue weighted by Crippen LogP contribution is 2.28. The number of hydrogen-bond acceptors (Lipinski definition) is 4. The molecule has 1 heterocycles. The summed E-state index contributed by atoms with van der Waals surface area (Å²) in [6.45, 7) is 4.14. The summed E-state index contributed by atoms with van der Waals surface area (Å²) < 4.78 is 30.5. The first kappa shape index (κ1) is 14.1. The third-order valence-corrected chi connectivity index (χ3v) is 5.30. The molecule has 0 amide bonds. The summed E-state index contributed by atoms with van der Waals surface area (Å²) in [5.74, 6) is 0.996. The molecule has 1 aromatic carbocycles. The Morgan fingerprint density at radius 2 is 1.79 bits per heavy atom. The minimum Gasteiger partial charge on any atom is -0.495 e. The normalized spacial score (nSPS) is 17.5. The Morgan fingerprint density at radius 3 is 2.37 bits per heavy atom. The zero-order chi connectivity index (χ0) is 13.9. The molecule has 106 valence electrons. The van der Waals surface area contributed by atoms with Gasteiger partial charge in [-0.05, 0) is 19.1 Å². The van der Waals surface area contributed by atoms with E-state index in [9.17, 15) is 8.42 Å². The number of ether oxygens (including phenoxy) is 1. The first-order valence-electron chi connectivity index (χ1n) is 6.44. The maximum Gasteiger partial charge on any atom is 0.213 e. The van der Waals surface area contributed by atoms with E-state index < -0.39 is 10.0 Å². The van der Waals surface area contributed by atoms with Crippen LogP contribution in [-0.4, -0.2) is 51.8 Å². The van der Waals surface area contributed by atoms with Gasteiger partial charge in [-0.2, -0.15) is 4.31 Å². The van der Waals surface area contributed by atoms with Gasteiger partial charge in [0.05, 0.1) is 18.6 Å². The fourth-order valence-electron chi connectivity index (χ4n) is 2.28. The van der Waals surface area contributed by atoms with Crippen molar-refractivity contribution in [2.45, 2.75) is 6.92 Å². The molecule has 1 aliphatic rings. The van der Waals surface area contributed by atoms with Crippen LogP contribution in [0.15, 0.2) is 24.3 Å². The first-order valence-corrected chi connectivity index (χ1v) is 8.05. The van der Waals surface area contributed by atoms with Crippen molar-refractivity contribution < 1.29 is 13.2 Å². The summed E-state index contributed by atoms with van der Waals surface area (Å²) in [7, 11) is -1.42. The van der Waals surface area contributed by atoms with Gasteiger partial charge >= 0.3 is 0 Å². The van der Waals surface area contributed by atoms with E-state index in [1.807, 2.05) is 24.3 Å². The fourth-order valence-corrected chi connectivity index (χ4v) is 3.37. The second kappa shape index (κ2) is 5.79. The van der Waals surface area contributed by atoms with E-state index in [0.717, 1.165) is 11.4 Å². The number of benzene rings is 1. The number of rotatable bonds is 4. The molecule has 1 fully saturated rings. The van der Waals surface area contributed by atoms with Crippen LogP contribution in [0.25, 0.3) is 0 Å². The van der Waals surface area contributed by atoms with Crippen molar-refractivity contribution in [3.8, 4) is 5.75 Å². The third-order valence-electron chi connectivity index (χ3n) is 3.42. The summed E-state index contributed by atoms with van der Waals surface area (Å²) in [4.78, 5) is 2.17. The largest absolute Gasteiger partial charge is 0.495 e. The molecule has 19 heavy (non-hydrogen) atoms. The maximum atomic E-state index is 11.8. The molecule has 0 spiro atoms. The second-order valence-corrected chi connectivity index (χ2v) is 6.72. The molecule has 0 saturated carbocycles. The monoisotopic (exact) mass is 284 g/mol. The summed E-state index contributed by atoms with van der Waals surface area (Å²) >= 11 is 0. The lowest BCUT2D eigenvalue weighted by molar-refractivity contribution is 0.379. The zero-order valence-corrected chi connectivity index (χ0v) is 12.2. The molecule has 0 radical (unpaired) electrons. The predicted octanol–water partition coefficient (Wildman–Crippen LogP) is 1.17. The molecule has 2 rings (SSSR count). The number of methoxy groups -OCH3 is 1. The molecule has 0 atom stereocenters. The summed E-state index contributed by atoms with van der Waals surface area (Å²) in [6, 6.07) is 7.82. The van der Waals surface area contributed by atoms with Crippen molar-refractivity contribution >= 4 is 15.7 Å². The lowest BCUT2D eigenvalue weighted by Gasteiger charge is -2.35. The molecule has 0 aliphatic carbocycles. The highest BCUT2D eigenvalue weighted by atomic mass is 32.2. The van der Waals surface area contributed by atoms with E-state index in [-0.39, 0.29) is 5.75 Å². The smallest absolute Gasteiger partial charge is 0.213 e. The van der Waals surface area contributed by atoms with Crippen LogP contribution in [-0.2, 0) is 10.0 Å². The fraction of sp³-hybridized carbons (Fsp3) is 0.538. The van der Waals surface area contributed by atoms with Crippen LogP contribution < -0.4 is 9.64 Å². The van der Waals surface area contributed by atoms with Crippen LogP contribution in [0.5, 0.6) is 5.75 Å². The Hall–Kier alpha value is -1.27. The molecule has 1 saturated heterocycles. The number of piperazine rings is 1. The summed E-state index contributed by atoms with van der Waals surface area (Å²) in [6.07, 6.45) is 0. The van der Waals surface area contributed by atoms with Crippen molar-refractivity contribution in [2.24, 2.45) is 0 Å². The van der Waals surface area contributed by atoms with Gasteiger partial charge in [-0.3, -0.25) is 0 Å². The molecule has 0 aromatic heterocycles. The van der Waals surface area contributed by atoms with E-state index in [1.54, 1.807) is 18.3 Å². The number of sulfonamides is 1. The Bertz CT molecular complexity index is 522. The third kappa shape index (κ3) is 3.01. The molecule has 0 bridgehead atoms. The van der Waals surface area contributed by atoms with Gasteiger partial charge in [-0.1, -0.05) is 12.1 Å². The lowest BCUT2D eigenvalue weighted by atomic mass is 10.2. The minimum absolute atomic E-state index is 0.168. The Morgan fingerprint density at radius 1 is 1.16 bits per heavy atom. The minimum atomic E-state index is -3.07. The van der Waals surface area contributed by atoms with Crippen LogP contribution in [0.2, 0.25) is 0 Å². The number of hydrogen-bond donors (Lipinski definition) is 0. The van der Waals surface area contributed by atoms with Crippen LogP contribution in [0, 0.1) is 0 Å². The van der Waals surface area contributed by atoms with Gasteiger partial charge in [0, 0.05) is 26.2 Å². The number of para-hydroxylation sites is 2. The van der Waals surface area contributed by atoms with Crippen molar-refractivity contribution in [3.05, 3.63) is 24.3 Å². The van der Waals surface area contributed by atoms with Crippen molar-refractivity contribution in [3.63, 3.8) is 0 Å². The van der Waals surface area contributed by atoms with Gasteiger partial charge in [-0.25, -0.2) is 8.42 Å². The average molecular weight is 284 g/mol. The Balaban J connectivity index is 2.08. The standard InChI is InChI=1S/C13H20N2O3S/c1-3-19(16,17)15-10-8-14(9-11-15)12-6-4-5-7-13(12)18-2/h4-7H,3,8-11H2,1-2H3. The van der Waals surface area contributed by atoms with Gasteiger partial charge in [0.1, 0.15) is 5.75 Å². The highest BCUT2D eigenvalue weighted by Gasteiger charge is 2.26. The van der Waals surface area contributed by atoms with Crippen LogP contribution >= 0.6 is 0 Å². The van der Waals surface area contributed by atoms with Crippen molar-refractivity contribution in [1.29, 1.82) is 0 Å². The van der Waals surface area contributed by atoms with Crippen molar-refractivity contribution in [2.75, 3.05) is 43.9 Å². The molecule has 0 N–H and O–H groups in total. The number of anilines is 1. The molecule has 1 aromatic rings. The van der Waals surface area contributed by atoms with Crippen LogP contribution in [0.3, 0.4) is 0 Å². The van der Waals surface area contributed by atoms with Gasteiger partial charge in [-0.15, -0.1) is 0 Å². The molecule has 1 aliphatic heterocycles. The highest BCUT2D eigenvalue weighted by molar-refractivity contribution is 7.89.